The van der Waals surface area contributed by atoms with Crippen molar-refractivity contribution in [3.8, 4) is 5.75 Å². The van der Waals surface area contributed by atoms with Gasteiger partial charge in [0.15, 0.2) is 0 Å². The molecule has 2 aliphatic rings. The lowest BCUT2D eigenvalue weighted by atomic mass is 9.83. The predicted octanol–water partition coefficient (Wildman–Crippen LogP) is 3.49. The molecule has 4 rings (SSSR count). The number of carbonyl (C=O) groups is 1. The summed E-state index contributed by atoms with van der Waals surface area (Å²) >= 11 is 0. The molecule has 1 amide bonds. The van der Waals surface area contributed by atoms with E-state index in [9.17, 15) is 9.90 Å². The van der Waals surface area contributed by atoms with Gasteiger partial charge in [0.25, 0.3) is 0 Å². The Morgan fingerprint density at radius 3 is 2.45 bits per heavy atom. The highest BCUT2D eigenvalue weighted by Crippen LogP contribution is 2.48. The fraction of sp³-hybridized carbons (Fsp3) is 0.480. The summed E-state index contributed by atoms with van der Waals surface area (Å²) in [5.74, 6) is 0.322. The summed E-state index contributed by atoms with van der Waals surface area (Å²) in [4.78, 5) is 15.4. The minimum Gasteiger partial charge on any atom is -0.508 e. The Balaban J connectivity index is 1.66. The van der Waals surface area contributed by atoms with Crippen LogP contribution < -0.4 is 10.9 Å². The van der Waals surface area contributed by atoms with E-state index < -0.39 is 0 Å². The molecule has 0 spiro atoms. The van der Waals surface area contributed by atoms with Gasteiger partial charge in [0.05, 0.1) is 18.2 Å². The van der Waals surface area contributed by atoms with E-state index in [-0.39, 0.29) is 41.8 Å². The maximum Gasteiger partial charge on any atom is 0.242 e. The van der Waals surface area contributed by atoms with E-state index in [2.05, 4.69) is 42.0 Å². The molecule has 2 aliphatic heterocycles. The standard InChI is InChI=1S/C25H33N3O3/c1-4-17-10-12-18(13-11-17)24-21-22(19-8-5-6-9-20(19)29)26-27-23(21)25(30)28(24)14-7-15-31-16(2)3/h5-6,8-13,16,21-24,26-27,29H,4,7,14-15H2,1-3H3. The first-order valence-electron chi connectivity index (χ1n) is 11.3. The number of aromatic hydroxyl groups is 1. The zero-order valence-corrected chi connectivity index (χ0v) is 18.5. The number of nitrogens with zero attached hydrogens (tertiary/aromatic N) is 1. The van der Waals surface area contributed by atoms with Crippen LogP contribution in [0.1, 0.15) is 56.0 Å². The van der Waals surface area contributed by atoms with Crippen LogP contribution in [0.5, 0.6) is 5.75 Å². The van der Waals surface area contributed by atoms with Crippen molar-refractivity contribution in [2.45, 2.75) is 57.8 Å². The number of aryl methyl sites for hydroxylation is 1. The van der Waals surface area contributed by atoms with Crippen molar-refractivity contribution in [1.29, 1.82) is 0 Å². The minimum absolute atomic E-state index is 0.0284. The average Bonchev–Trinajstić information content (AvgIpc) is 3.31. The molecule has 0 aromatic heterocycles. The van der Waals surface area contributed by atoms with Crippen molar-refractivity contribution in [1.82, 2.24) is 15.8 Å². The van der Waals surface area contributed by atoms with Crippen molar-refractivity contribution >= 4 is 5.91 Å². The Morgan fingerprint density at radius 1 is 1.06 bits per heavy atom. The number of ether oxygens (including phenoxy) is 1. The molecule has 2 aromatic carbocycles. The molecule has 4 atom stereocenters. The number of likely N-dealkylation sites (tertiary alicyclic amines) is 1. The number of benzene rings is 2. The monoisotopic (exact) mass is 423 g/mol. The molecule has 0 saturated carbocycles. The molecular formula is C25H33N3O3. The van der Waals surface area contributed by atoms with Crippen LogP contribution in [0.25, 0.3) is 0 Å². The Bertz CT molecular complexity index is 899. The van der Waals surface area contributed by atoms with Crippen LogP contribution in [-0.2, 0) is 16.0 Å². The third kappa shape index (κ3) is 4.33. The highest BCUT2D eigenvalue weighted by molar-refractivity contribution is 5.86. The van der Waals surface area contributed by atoms with Gasteiger partial charge in [0.1, 0.15) is 11.8 Å². The molecule has 2 fully saturated rings. The van der Waals surface area contributed by atoms with Gasteiger partial charge >= 0.3 is 0 Å². The van der Waals surface area contributed by atoms with Gasteiger partial charge in [0, 0.05) is 24.6 Å². The predicted molar refractivity (Wildman–Crippen MR) is 120 cm³/mol. The van der Waals surface area contributed by atoms with Crippen molar-refractivity contribution in [2.75, 3.05) is 13.2 Å². The molecule has 0 aliphatic carbocycles. The van der Waals surface area contributed by atoms with Crippen LogP contribution in [0.3, 0.4) is 0 Å². The molecule has 3 N–H and O–H groups in total. The highest BCUT2D eigenvalue weighted by atomic mass is 16.5. The van der Waals surface area contributed by atoms with Gasteiger partial charge in [0.2, 0.25) is 5.91 Å². The molecule has 6 nitrogen and oxygen atoms in total. The van der Waals surface area contributed by atoms with E-state index in [0.29, 0.717) is 13.2 Å². The number of rotatable bonds is 8. The van der Waals surface area contributed by atoms with E-state index in [1.807, 2.05) is 36.9 Å². The van der Waals surface area contributed by atoms with Crippen molar-refractivity contribution in [3.05, 3.63) is 65.2 Å². The highest BCUT2D eigenvalue weighted by Gasteiger charge is 2.55. The molecule has 2 heterocycles. The van der Waals surface area contributed by atoms with Gasteiger partial charge in [-0.3, -0.25) is 4.79 Å². The quantitative estimate of drug-likeness (QED) is 0.567. The van der Waals surface area contributed by atoms with Crippen LogP contribution in [0.2, 0.25) is 0 Å². The second-order valence-electron chi connectivity index (χ2n) is 8.72. The van der Waals surface area contributed by atoms with Crippen LogP contribution in [0, 0.1) is 5.92 Å². The number of hydrazine groups is 1. The first kappa shape index (κ1) is 21.8. The summed E-state index contributed by atoms with van der Waals surface area (Å²) in [5, 5.41) is 10.5. The third-order valence-electron chi connectivity index (χ3n) is 6.41. The number of nitrogens with one attached hydrogen (secondary N) is 2. The van der Waals surface area contributed by atoms with Crippen LogP contribution in [0.4, 0.5) is 0 Å². The topological polar surface area (TPSA) is 73.8 Å². The maximum atomic E-state index is 13.4. The molecule has 6 heteroatoms. The summed E-state index contributed by atoms with van der Waals surface area (Å²) in [6.45, 7) is 7.47. The largest absolute Gasteiger partial charge is 0.508 e. The SMILES string of the molecule is CCc1ccc(C2C3C(NNC3c3ccccc3O)C(=O)N2CCCOC(C)C)cc1. The normalized spacial score (nSPS) is 25.4. The zero-order chi connectivity index (χ0) is 22.0. The number of hydrogen-bond donors (Lipinski definition) is 3. The number of amides is 1. The molecule has 4 unspecified atom stereocenters. The summed E-state index contributed by atoms with van der Waals surface area (Å²) in [7, 11) is 0. The molecule has 0 radical (unpaired) electrons. The number of phenols is 1. The van der Waals surface area contributed by atoms with Crippen LogP contribution >= 0.6 is 0 Å². The van der Waals surface area contributed by atoms with Gasteiger partial charge in [-0.05, 0) is 43.9 Å². The molecule has 31 heavy (non-hydrogen) atoms. The number of hydrogen-bond acceptors (Lipinski definition) is 5. The van der Waals surface area contributed by atoms with Crippen molar-refractivity contribution in [3.63, 3.8) is 0 Å². The summed E-state index contributed by atoms with van der Waals surface area (Å²) in [6.07, 6.45) is 1.96. The fourth-order valence-corrected chi connectivity index (χ4v) is 4.87. The number of fused-ring (bicyclic) bond motifs is 1. The molecule has 0 bridgehead atoms. The van der Waals surface area contributed by atoms with E-state index >= 15 is 0 Å². The van der Waals surface area contributed by atoms with Crippen molar-refractivity contribution in [2.24, 2.45) is 5.92 Å². The van der Waals surface area contributed by atoms with Crippen LogP contribution in [0.15, 0.2) is 48.5 Å². The lowest BCUT2D eigenvalue weighted by molar-refractivity contribution is -0.131. The van der Waals surface area contributed by atoms with E-state index in [4.69, 9.17) is 4.74 Å². The Kier molecular flexibility index (Phi) is 6.60. The first-order chi connectivity index (χ1) is 15.0. The smallest absolute Gasteiger partial charge is 0.242 e. The van der Waals surface area contributed by atoms with Gasteiger partial charge in [-0.2, -0.15) is 0 Å². The zero-order valence-electron chi connectivity index (χ0n) is 18.5. The van der Waals surface area contributed by atoms with E-state index in [1.165, 1.54) is 5.56 Å². The Labute approximate surface area is 184 Å². The molecule has 166 valence electrons. The van der Waals surface area contributed by atoms with Crippen LogP contribution in [-0.4, -0.2) is 41.2 Å². The third-order valence-corrected chi connectivity index (χ3v) is 6.41. The van der Waals surface area contributed by atoms with Gasteiger partial charge in [-0.1, -0.05) is 49.4 Å². The van der Waals surface area contributed by atoms with Gasteiger partial charge < -0.3 is 14.7 Å². The lowest BCUT2D eigenvalue weighted by Gasteiger charge is -2.31. The first-order valence-corrected chi connectivity index (χ1v) is 11.3. The molecular weight excluding hydrogens is 390 g/mol. The summed E-state index contributed by atoms with van der Waals surface area (Å²) in [5.41, 5.74) is 9.74. The van der Waals surface area contributed by atoms with E-state index in [1.54, 1.807) is 6.07 Å². The molecule has 2 aromatic rings. The second-order valence-corrected chi connectivity index (χ2v) is 8.72. The lowest BCUT2D eigenvalue weighted by Crippen LogP contribution is -2.41. The minimum atomic E-state index is -0.327. The average molecular weight is 424 g/mol. The number of para-hydroxylation sites is 1. The van der Waals surface area contributed by atoms with E-state index in [0.717, 1.165) is 24.0 Å². The Hall–Kier alpha value is -2.41. The fourth-order valence-electron chi connectivity index (χ4n) is 4.87. The number of phenolic OH excluding ortho intramolecular Hbond substituents is 1. The number of carbonyl (C=O) groups excluding carboxylic acids is 1. The second kappa shape index (κ2) is 9.39. The summed E-state index contributed by atoms with van der Waals surface area (Å²) in [6, 6.07) is 15.4. The van der Waals surface area contributed by atoms with Crippen molar-refractivity contribution < 1.29 is 14.6 Å². The summed E-state index contributed by atoms with van der Waals surface area (Å²) < 4.78 is 5.71. The molecule has 2 saturated heterocycles. The van der Waals surface area contributed by atoms with Gasteiger partial charge in [-0.15, -0.1) is 0 Å². The Morgan fingerprint density at radius 2 is 1.77 bits per heavy atom. The maximum absolute atomic E-state index is 13.4. The van der Waals surface area contributed by atoms with Gasteiger partial charge in [-0.25, -0.2) is 10.9 Å².